The number of amides is 2. The third-order valence-electron chi connectivity index (χ3n) is 6.55. The second kappa shape index (κ2) is 9.62. The molecule has 2 saturated carbocycles. The first-order valence-corrected chi connectivity index (χ1v) is 11.3. The number of carbonyl (C=O) groups excluding carboxylic acids is 3. The first kappa shape index (κ1) is 22.3. The van der Waals surface area contributed by atoms with Crippen LogP contribution in [0.1, 0.15) is 68.1 Å². The lowest BCUT2D eigenvalue weighted by Crippen LogP contribution is -2.60. The van der Waals surface area contributed by atoms with Gasteiger partial charge in [0.1, 0.15) is 18.2 Å². The Balaban J connectivity index is 0.00000240. The summed E-state index contributed by atoms with van der Waals surface area (Å²) in [5.74, 6) is -0.0878. The monoisotopic (exact) mass is 438 g/mol. The Morgan fingerprint density at radius 1 is 1.21 bits per heavy atom. The zero-order valence-electron chi connectivity index (χ0n) is 16.6. The van der Waals surface area contributed by atoms with Gasteiger partial charge in [0.25, 0.3) is 5.91 Å². The van der Waals surface area contributed by atoms with Crippen molar-refractivity contribution >= 4 is 42.4 Å². The molecule has 2 heterocycles. The molecule has 29 heavy (non-hydrogen) atoms. The third kappa shape index (κ3) is 4.70. The van der Waals surface area contributed by atoms with Crippen LogP contribution in [0.15, 0.2) is 16.8 Å². The van der Waals surface area contributed by atoms with Crippen LogP contribution in [0.25, 0.3) is 0 Å². The highest BCUT2D eigenvalue weighted by atomic mass is 32.1. The van der Waals surface area contributed by atoms with Gasteiger partial charge < -0.3 is 15.4 Å². The molecular weight excluding hydrogens is 408 g/mol. The van der Waals surface area contributed by atoms with Crippen molar-refractivity contribution in [1.82, 2.24) is 10.6 Å². The fraction of sp³-hybridized carbons (Fsp3) is 0.667. The van der Waals surface area contributed by atoms with Crippen molar-refractivity contribution < 1.29 is 19.1 Å². The van der Waals surface area contributed by atoms with Crippen LogP contribution in [-0.4, -0.2) is 41.9 Å². The zero-order chi connectivity index (χ0) is 19.6. The van der Waals surface area contributed by atoms with Crippen LogP contribution in [0.5, 0.6) is 0 Å². The Morgan fingerprint density at radius 3 is 2.72 bits per heavy atom. The molecule has 8 heteroatoms. The Morgan fingerprint density at radius 2 is 2.00 bits per heavy atom. The molecule has 3 fully saturated rings. The maximum atomic E-state index is 13.2. The number of carbonyl (C=O) groups is 3. The average Bonchev–Trinajstić information content (AvgIpc) is 3.41. The molecule has 1 saturated heterocycles. The molecule has 2 N–H and O–H groups in total. The number of thiophene rings is 1. The Labute approximate surface area is 182 Å². The Hall–Kier alpha value is -1.38. The predicted molar refractivity (Wildman–Crippen MR) is 117 cm³/mol. The topological polar surface area (TPSA) is 84.5 Å². The van der Waals surface area contributed by atoms with Gasteiger partial charge in [-0.1, -0.05) is 32.1 Å². The molecule has 0 aromatic carbocycles. The number of nitrogens with one attached hydrogen (secondary N) is 2. The summed E-state index contributed by atoms with van der Waals surface area (Å²) < 4.78 is 5.61. The average molecular weight is 439 g/mol. The van der Waals surface area contributed by atoms with E-state index in [1.54, 1.807) is 11.4 Å². The van der Waals surface area contributed by atoms with Gasteiger partial charge >= 0.3 is 0 Å². The van der Waals surface area contributed by atoms with E-state index in [9.17, 15) is 14.4 Å². The largest absolute Gasteiger partial charge is 0.367 e. The van der Waals surface area contributed by atoms with Crippen LogP contribution in [0.4, 0.5) is 0 Å². The van der Waals surface area contributed by atoms with E-state index >= 15 is 0 Å². The summed E-state index contributed by atoms with van der Waals surface area (Å²) in [5.41, 5.74) is -0.321. The van der Waals surface area contributed by atoms with Crippen LogP contribution in [0.3, 0.4) is 0 Å². The van der Waals surface area contributed by atoms with Crippen LogP contribution < -0.4 is 10.6 Å². The van der Waals surface area contributed by atoms with Crippen LogP contribution in [0.2, 0.25) is 0 Å². The maximum Gasteiger partial charge on any atom is 0.252 e. The highest BCUT2D eigenvalue weighted by molar-refractivity contribution is 7.59. The first-order chi connectivity index (χ1) is 13.6. The molecule has 0 bridgehead atoms. The van der Waals surface area contributed by atoms with E-state index in [2.05, 4.69) is 10.6 Å². The summed E-state index contributed by atoms with van der Waals surface area (Å²) >= 11 is 1.45. The van der Waals surface area contributed by atoms with Crippen molar-refractivity contribution in [1.29, 1.82) is 0 Å². The molecule has 1 aliphatic heterocycles. The fourth-order valence-corrected chi connectivity index (χ4v) is 5.60. The van der Waals surface area contributed by atoms with Crippen molar-refractivity contribution in [2.75, 3.05) is 6.61 Å². The van der Waals surface area contributed by atoms with Gasteiger partial charge in [-0.05, 0) is 43.0 Å². The molecule has 0 radical (unpaired) electrons. The smallest absolute Gasteiger partial charge is 0.252 e. The van der Waals surface area contributed by atoms with Gasteiger partial charge in [-0.15, -0.1) is 0 Å². The summed E-state index contributed by atoms with van der Waals surface area (Å²) in [5, 5.41) is 9.59. The molecule has 2 amide bonds. The van der Waals surface area contributed by atoms with Gasteiger partial charge in [0.05, 0.1) is 11.7 Å². The molecule has 2 aliphatic carbocycles. The van der Waals surface area contributed by atoms with Crippen molar-refractivity contribution in [2.45, 2.75) is 75.5 Å². The van der Waals surface area contributed by atoms with E-state index in [-0.39, 0.29) is 43.8 Å². The van der Waals surface area contributed by atoms with E-state index in [1.807, 2.05) is 5.38 Å². The lowest BCUT2D eigenvalue weighted by atomic mass is 9.84. The molecule has 1 aromatic rings. The van der Waals surface area contributed by atoms with E-state index in [0.717, 1.165) is 25.7 Å². The fourth-order valence-electron chi connectivity index (χ4n) is 4.97. The predicted octanol–water partition coefficient (Wildman–Crippen LogP) is 2.94. The highest BCUT2D eigenvalue weighted by Gasteiger charge is 2.55. The highest BCUT2D eigenvalue weighted by Crippen LogP contribution is 2.38. The lowest BCUT2D eigenvalue weighted by Gasteiger charge is -2.32. The third-order valence-corrected chi connectivity index (χ3v) is 7.23. The van der Waals surface area contributed by atoms with Crippen LogP contribution in [-0.2, 0) is 14.3 Å². The minimum Gasteiger partial charge on any atom is -0.367 e. The molecule has 160 valence electrons. The molecule has 0 spiro atoms. The quantitative estimate of drug-likeness (QED) is 0.715. The maximum absolute atomic E-state index is 13.2. The van der Waals surface area contributed by atoms with E-state index < -0.39 is 11.6 Å². The number of fused-ring (bicyclic) bond motifs is 1. The van der Waals surface area contributed by atoms with Gasteiger partial charge in [-0.2, -0.15) is 24.8 Å². The van der Waals surface area contributed by atoms with Gasteiger partial charge in [0, 0.05) is 5.38 Å². The first-order valence-electron chi connectivity index (χ1n) is 10.4. The zero-order valence-corrected chi connectivity index (χ0v) is 18.4. The van der Waals surface area contributed by atoms with Crippen molar-refractivity contribution in [3.8, 4) is 0 Å². The second-order valence-corrected chi connectivity index (χ2v) is 9.13. The molecule has 3 atom stereocenters. The summed E-state index contributed by atoms with van der Waals surface area (Å²) in [6.07, 6.45) is 8.45. The Bertz CT molecular complexity index is 733. The van der Waals surface area contributed by atoms with Gasteiger partial charge in [0.15, 0.2) is 5.78 Å². The molecule has 4 rings (SSSR count). The summed E-state index contributed by atoms with van der Waals surface area (Å²) in [4.78, 5) is 38.4. The molecule has 1 aromatic heterocycles. The van der Waals surface area contributed by atoms with Gasteiger partial charge in [-0.3, -0.25) is 14.4 Å². The molecular formula is C21H30N2O4S2. The van der Waals surface area contributed by atoms with Crippen LogP contribution in [0, 0.1) is 5.92 Å². The minimum absolute atomic E-state index is 0. The van der Waals surface area contributed by atoms with Crippen LogP contribution >= 0.6 is 24.8 Å². The second-order valence-electron chi connectivity index (χ2n) is 8.35. The van der Waals surface area contributed by atoms with Gasteiger partial charge in [0.2, 0.25) is 5.91 Å². The Kier molecular flexibility index (Phi) is 7.40. The number of hydrogen-bond donors (Lipinski definition) is 2. The SMILES string of the molecule is O=C(N[C@@H](CC1CCCCC1)C(=O)N[C@]12CCC[C@H]1OCC2=O)c1ccsc1.S. The normalized spacial score (nSPS) is 27.7. The van der Waals surface area contributed by atoms with E-state index in [0.29, 0.717) is 24.3 Å². The number of rotatable bonds is 6. The number of ether oxygens (including phenoxy) is 1. The van der Waals surface area contributed by atoms with Crippen molar-refractivity contribution in [3.05, 3.63) is 22.4 Å². The molecule has 3 aliphatic rings. The van der Waals surface area contributed by atoms with Crippen molar-refractivity contribution in [3.63, 3.8) is 0 Å². The van der Waals surface area contributed by atoms with Crippen molar-refractivity contribution in [2.24, 2.45) is 5.92 Å². The number of Topliss-reactive ketones (excluding diaryl/α,β-unsaturated/α-hetero) is 1. The van der Waals surface area contributed by atoms with E-state index in [4.69, 9.17) is 4.74 Å². The van der Waals surface area contributed by atoms with E-state index in [1.165, 1.54) is 30.6 Å². The summed E-state index contributed by atoms with van der Waals surface area (Å²) in [6, 6.07) is 1.13. The molecule has 6 nitrogen and oxygen atoms in total. The number of ketones is 1. The summed E-state index contributed by atoms with van der Waals surface area (Å²) in [6.45, 7) is 0.0689. The lowest BCUT2D eigenvalue weighted by molar-refractivity contribution is -0.131. The number of hydrogen-bond acceptors (Lipinski definition) is 5. The summed E-state index contributed by atoms with van der Waals surface area (Å²) in [7, 11) is 0. The standard InChI is InChI=1S/C21H28N2O4S.H2S/c24-17-12-27-18-7-4-9-21(17,18)23-20(26)16(11-14-5-2-1-3-6-14)22-19(25)15-8-10-28-13-15;/h8,10,13-14,16,18H,1-7,9,11-12H2,(H,22,25)(H,23,26);1H2/t16-,18+,21-;/m0./s1. The molecule has 0 unspecified atom stereocenters. The van der Waals surface area contributed by atoms with Gasteiger partial charge in [-0.25, -0.2) is 0 Å². The minimum atomic E-state index is -0.894.